The molecule has 0 aliphatic carbocycles. The number of rotatable bonds is 7. The molecular weight excluding hydrogens is 220 g/mol. The average Bonchev–Trinajstić information content (AvgIpc) is 2.19. The molecule has 0 aliphatic rings. The van der Waals surface area contributed by atoms with Gasteiger partial charge in [0.15, 0.2) is 0 Å². The quantitative estimate of drug-likeness (QED) is 0.667. The first kappa shape index (κ1) is 15.6. The molecule has 0 unspecified atom stereocenters. The van der Waals surface area contributed by atoms with Gasteiger partial charge in [-0.15, -0.1) is 0 Å². The lowest BCUT2D eigenvalue weighted by molar-refractivity contribution is -0.132. The molecule has 0 atom stereocenters. The van der Waals surface area contributed by atoms with E-state index in [1.54, 1.807) is 4.90 Å². The van der Waals surface area contributed by atoms with Crippen molar-refractivity contribution < 1.29 is 14.7 Å². The molecule has 0 radical (unpaired) electrons. The Morgan fingerprint density at radius 3 is 2.18 bits per heavy atom. The molecule has 0 aliphatic heterocycles. The minimum Gasteiger partial charge on any atom is -0.478 e. The van der Waals surface area contributed by atoms with Crippen molar-refractivity contribution in [2.45, 2.75) is 13.8 Å². The van der Waals surface area contributed by atoms with Crippen molar-refractivity contribution in [2.24, 2.45) is 5.92 Å². The molecule has 0 fully saturated rings. The number of aliphatic carboxylic acids is 1. The first-order valence-electron chi connectivity index (χ1n) is 5.67. The van der Waals surface area contributed by atoms with Crippen molar-refractivity contribution in [2.75, 3.05) is 33.7 Å². The predicted molar refractivity (Wildman–Crippen MR) is 66.7 cm³/mol. The normalized spacial score (nSPS) is 11.4. The molecule has 0 rings (SSSR count). The van der Waals surface area contributed by atoms with Crippen molar-refractivity contribution in [3.63, 3.8) is 0 Å². The summed E-state index contributed by atoms with van der Waals surface area (Å²) in [5.41, 5.74) is 0. The minimum absolute atomic E-state index is 0.247. The van der Waals surface area contributed by atoms with Gasteiger partial charge in [-0.3, -0.25) is 4.79 Å². The van der Waals surface area contributed by atoms with Crippen LogP contribution in [-0.2, 0) is 9.59 Å². The van der Waals surface area contributed by atoms with E-state index in [9.17, 15) is 9.59 Å². The van der Waals surface area contributed by atoms with E-state index >= 15 is 0 Å². The smallest absolute Gasteiger partial charge is 0.328 e. The van der Waals surface area contributed by atoms with Crippen LogP contribution in [0, 0.1) is 5.92 Å². The summed E-state index contributed by atoms with van der Waals surface area (Å²) < 4.78 is 0. The van der Waals surface area contributed by atoms with Crippen molar-refractivity contribution in [1.82, 2.24) is 9.80 Å². The van der Waals surface area contributed by atoms with Crippen molar-refractivity contribution in [3.05, 3.63) is 12.2 Å². The summed E-state index contributed by atoms with van der Waals surface area (Å²) in [6.07, 6.45) is 1.99. The third kappa shape index (κ3) is 8.45. The highest BCUT2D eigenvalue weighted by Gasteiger charge is 2.12. The van der Waals surface area contributed by atoms with Gasteiger partial charge < -0.3 is 14.9 Å². The average molecular weight is 242 g/mol. The summed E-state index contributed by atoms with van der Waals surface area (Å²) in [5, 5.41) is 8.48. The Morgan fingerprint density at radius 2 is 1.76 bits per heavy atom. The largest absolute Gasteiger partial charge is 0.478 e. The van der Waals surface area contributed by atoms with Crippen LogP contribution in [0.3, 0.4) is 0 Å². The second kappa shape index (κ2) is 7.84. The minimum atomic E-state index is -1.10. The second-order valence-corrected chi connectivity index (χ2v) is 4.65. The van der Waals surface area contributed by atoms with Crippen molar-refractivity contribution in [1.29, 1.82) is 0 Å². The van der Waals surface area contributed by atoms with Crippen LogP contribution in [0.2, 0.25) is 0 Å². The summed E-state index contributed by atoms with van der Waals surface area (Å²) in [6.45, 7) is 6.05. The van der Waals surface area contributed by atoms with Crippen LogP contribution in [-0.4, -0.2) is 60.5 Å². The Kier molecular flexibility index (Phi) is 7.21. The maximum Gasteiger partial charge on any atom is 0.328 e. The van der Waals surface area contributed by atoms with E-state index in [-0.39, 0.29) is 5.91 Å². The molecule has 17 heavy (non-hydrogen) atoms. The zero-order chi connectivity index (χ0) is 13.4. The van der Waals surface area contributed by atoms with E-state index < -0.39 is 5.97 Å². The first-order chi connectivity index (χ1) is 7.82. The number of nitrogens with zero attached hydrogens (tertiary/aromatic N) is 2. The SMILES string of the molecule is CC(C)CN(CCN(C)C)C(=O)/C=C/C(=O)O. The van der Waals surface area contributed by atoms with Gasteiger partial charge in [-0.1, -0.05) is 13.8 Å². The molecular formula is C12H22N2O3. The van der Waals surface area contributed by atoms with Crippen LogP contribution in [0.4, 0.5) is 0 Å². The third-order valence-electron chi connectivity index (χ3n) is 2.08. The fraction of sp³-hybridized carbons (Fsp3) is 0.667. The molecule has 0 spiro atoms. The Balaban J connectivity index is 4.44. The van der Waals surface area contributed by atoms with Gasteiger partial charge in [-0.2, -0.15) is 0 Å². The molecule has 0 bridgehead atoms. The number of carboxylic acid groups (broad SMARTS) is 1. The molecule has 0 aromatic heterocycles. The molecule has 0 saturated heterocycles. The highest BCUT2D eigenvalue weighted by molar-refractivity contribution is 5.93. The van der Waals surface area contributed by atoms with E-state index in [1.165, 1.54) is 0 Å². The molecule has 0 aromatic rings. The lowest BCUT2D eigenvalue weighted by atomic mass is 10.2. The van der Waals surface area contributed by atoms with Gasteiger partial charge in [0.05, 0.1) is 0 Å². The van der Waals surface area contributed by atoms with Gasteiger partial charge in [0, 0.05) is 31.8 Å². The van der Waals surface area contributed by atoms with Gasteiger partial charge in [-0.05, 0) is 20.0 Å². The molecule has 1 N–H and O–H groups in total. The number of likely N-dealkylation sites (N-methyl/N-ethyl adjacent to an activating group) is 1. The Morgan fingerprint density at radius 1 is 1.18 bits per heavy atom. The topological polar surface area (TPSA) is 60.9 Å². The number of amides is 1. The van der Waals surface area contributed by atoms with E-state index in [0.717, 1.165) is 18.7 Å². The van der Waals surface area contributed by atoms with Crippen LogP contribution in [0.25, 0.3) is 0 Å². The summed E-state index contributed by atoms with van der Waals surface area (Å²) in [6, 6.07) is 0. The van der Waals surface area contributed by atoms with Crippen molar-refractivity contribution >= 4 is 11.9 Å². The first-order valence-corrected chi connectivity index (χ1v) is 5.67. The third-order valence-corrected chi connectivity index (χ3v) is 2.08. The standard InChI is InChI=1S/C12H22N2O3/c1-10(2)9-14(8-7-13(3)4)11(15)5-6-12(16)17/h5-6,10H,7-9H2,1-4H3,(H,16,17)/b6-5+. The summed E-state index contributed by atoms with van der Waals surface area (Å²) in [7, 11) is 3.87. The number of carbonyl (C=O) groups is 2. The maximum atomic E-state index is 11.8. The fourth-order valence-electron chi connectivity index (χ4n) is 1.30. The van der Waals surface area contributed by atoms with Crippen LogP contribution >= 0.6 is 0 Å². The van der Waals surface area contributed by atoms with Crippen molar-refractivity contribution in [3.8, 4) is 0 Å². The Hall–Kier alpha value is -1.36. The number of hydrogen-bond donors (Lipinski definition) is 1. The zero-order valence-electron chi connectivity index (χ0n) is 11.0. The summed E-state index contributed by atoms with van der Waals surface area (Å²) >= 11 is 0. The van der Waals surface area contributed by atoms with Gasteiger partial charge >= 0.3 is 5.97 Å². The van der Waals surface area contributed by atoms with E-state index in [1.807, 2.05) is 32.8 Å². The summed E-state index contributed by atoms with van der Waals surface area (Å²) in [5.74, 6) is -0.988. The molecule has 0 aromatic carbocycles. The fourth-order valence-corrected chi connectivity index (χ4v) is 1.30. The van der Waals surface area contributed by atoms with E-state index in [4.69, 9.17) is 5.11 Å². The predicted octanol–water partition coefficient (Wildman–Crippen LogP) is 0.673. The number of hydrogen-bond acceptors (Lipinski definition) is 3. The Bertz CT molecular complexity index is 285. The van der Waals surface area contributed by atoms with E-state index in [2.05, 4.69) is 0 Å². The van der Waals surface area contributed by atoms with Gasteiger partial charge in [0.25, 0.3) is 0 Å². The maximum absolute atomic E-state index is 11.8. The van der Waals surface area contributed by atoms with Crippen LogP contribution in [0.15, 0.2) is 12.2 Å². The molecule has 98 valence electrons. The van der Waals surface area contributed by atoms with Crippen LogP contribution in [0.5, 0.6) is 0 Å². The lowest BCUT2D eigenvalue weighted by Crippen LogP contribution is -2.38. The van der Waals surface area contributed by atoms with Gasteiger partial charge in [0.1, 0.15) is 0 Å². The lowest BCUT2D eigenvalue weighted by Gasteiger charge is -2.24. The Labute approximate surface area is 103 Å². The highest BCUT2D eigenvalue weighted by Crippen LogP contribution is 2.00. The molecule has 5 nitrogen and oxygen atoms in total. The van der Waals surface area contributed by atoms with Crippen LogP contribution < -0.4 is 0 Å². The second-order valence-electron chi connectivity index (χ2n) is 4.65. The van der Waals surface area contributed by atoms with Gasteiger partial charge in [0.2, 0.25) is 5.91 Å². The molecule has 1 amide bonds. The molecule has 0 saturated carbocycles. The van der Waals surface area contributed by atoms with Gasteiger partial charge in [-0.25, -0.2) is 4.79 Å². The molecule has 0 heterocycles. The number of carbonyl (C=O) groups excluding carboxylic acids is 1. The number of carboxylic acids is 1. The highest BCUT2D eigenvalue weighted by atomic mass is 16.4. The van der Waals surface area contributed by atoms with E-state index in [0.29, 0.717) is 19.0 Å². The molecule has 5 heteroatoms. The van der Waals surface area contributed by atoms with Crippen LogP contribution in [0.1, 0.15) is 13.8 Å². The monoisotopic (exact) mass is 242 g/mol. The summed E-state index contributed by atoms with van der Waals surface area (Å²) in [4.78, 5) is 25.8. The zero-order valence-corrected chi connectivity index (χ0v) is 11.0.